The summed E-state index contributed by atoms with van der Waals surface area (Å²) >= 11 is 0. The summed E-state index contributed by atoms with van der Waals surface area (Å²) < 4.78 is 31.9. The molecule has 0 fully saturated rings. The van der Waals surface area contributed by atoms with Crippen LogP contribution in [0.2, 0.25) is 0 Å². The number of rotatable bonds is 5. The van der Waals surface area contributed by atoms with E-state index < -0.39 is 22.0 Å². The lowest BCUT2D eigenvalue weighted by atomic mass is 10.1. The molecular formula is C19H19N3O4S. The quantitative estimate of drug-likeness (QED) is 0.851. The fraction of sp³-hybridized carbons (Fsp3) is 0.263. The second-order valence-corrected chi connectivity index (χ2v) is 8.21. The molecule has 1 N–H and O–H groups in total. The largest absolute Gasteiger partial charge is 0.476 e. The zero-order chi connectivity index (χ0) is 19.4. The lowest BCUT2D eigenvalue weighted by Crippen LogP contribution is -2.49. The molecule has 2 aromatic rings. The molecule has 7 nitrogen and oxygen atoms in total. The van der Waals surface area contributed by atoms with Gasteiger partial charge < -0.3 is 10.1 Å². The molecule has 1 aliphatic heterocycles. The zero-order valence-corrected chi connectivity index (χ0v) is 15.6. The standard InChI is InChI=1S/C19H19N3O4S/c1-2-27(24,25)22-13-18(26-17-6-4-3-5-16(17)22)19(23)21-15-9-7-14(8-10-15)11-12-20/h3-10,18H,2,11,13H2,1H3,(H,21,23). The molecule has 27 heavy (non-hydrogen) atoms. The van der Waals surface area contributed by atoms with Crippen LogP contribution < -0.4 is 14.4 Å². The maximum atomic E-state index is 12.6. The third kappa shape index (κ3) is 4.04. The third-order valence-electron chi connectivity index (χ3n) is 4.23. The Kier molecular flexibility index (Phi) is 5.33. The molecule has 3 rings (SSSR count). The van der Waals surface area contributed by atoms with Gasteiger partial charge in [-0.1, -0.05) is 24.3 Å². The number of benzene rings is 2. The topological polar surface area (TPSA) is 99.5 Å². The van der Waals surface area contributed by atoms with Crippen LogP contribution in [-0.4, -0.2) is 32.7 Å². The number of nitrogens with one attached hydrogen (secondary N) is 1. The van der Waals surface area contributed by atoms with Crippen molar-refractivity contribution < 1.29 is 17.9 Å². The van der Waals surface area contributed by atoms with Gasteiger partial charge in [0, 0.05) is 5.69 Å². The molecule has 8 heteroatoms. The minimum atomic E-state index is -3.54. The molecule has 1 amide bonds. The summed E-state index contributed by atoms with van der Waals surface area (Å²) in [5.41, 5.74) is 1.83. The molecule has 0 bridgehead atoms. The molecule has 1 heterocycles. The van der Waals surface area contributed by atoms with E-state index in [4.69, 9.17) is 10.00 Å². The Morgan fingerprint density at radius 1 is 1.26 bits per heavy atom. The van der Waals surface area contributed by atoms with Gasteiger partial charge in [0.05, 0.1) is 30.5 Å². The first-order chi connectivity index (χ1) is 12.9. The number of nitrogens with zero attached hydrogens (tertiary/aromatic N) is 2. The van der Waals surface area contributed by atoms with Gasteiger partial charge in [-0.3, -0.25) is 9.10 Å². The summed E-state index contributed by atoms with van der Waals surface area (Å²) in [6.45, 7) is 1.47. The summed E-state index contributed by atoms with van der Waals surface area (Å²) in [4.78, 5) is 12.6. The predicted octanol–water partition coefficient (Wildman–Crippen LogP) is 2.31. The van der Waals surface area contributed by atoms with Crippen LogP contribution >= 0.6 is 0 Å². The first-order valence-electron chi connectivity index (χ1n) is 8.47. The van der Waals surface area contributed by atoms with E-state index in [-0.39, 0.29) is 12.3 Å². The smallest absolute Gasteiger partial charge is 0.267 e. The summed E-state index contributed by atoms with van der Waals surface area (Å²) in [5, 5.41) is 11.4. The molecule has 140 valence electrons. The Morgan fingerprint density at radius 3 is 2.63 bits per heavy atom. The molecule has 0 aromatic heterocycles. The Balaban J connectivity index is 1.81. The Morgan fingerprint density at radius 2 is 1.96 bits per heavy atom. The van der Waals surface area contributed by atoms with Crippen LogP contribution in [0.4, 0.5) is 11.4 Å². The molecule has 0 saturated heterocycles. The van der Waals surface area contributed by atoms with Gasteiger partial charge in [-0.05, 0) is 36.8 Å². The average molecular weight is 385 g/mol. The first-order valence-corrected chi connectivity index (χ1v) is 10.1. The van der Waals surface area contributed by atoms with Crippen molar-refractivity contribution >= 4 is 27.3 Å². The van der Waals surface area contributed by atoms with Gasteiger partial charge in [0.15, 0.2) is 6.10 Å². The van der Waals surface area contributed by atoms with Gasteiger partial charge in [-0.25, -0.2) is 8.42 Å². The number of carbonyl (C=O) groups is 1. The lowest BCUT2D eigenvalue weighted by Gasteiger charge is -2.34. The van der Waals surface area contributed by atoms with Gasteiger partial charge in [0.1, 0.15) is 5.75 Å². The van der Waals surface area contributed by atoms with Crippen LogP contribution in [0.5, 0.6) is 5.75 Å². The normalized spacial score (nSPS) is 16.0. The average Bonchev–Trinajstić information content (AvgIpc) is 2.68. The minimum absolute atomic E-state index is 0.0734. The van der Waals surface area contributed by atoms with E-state index in [0.717, 1.165) is 5.56 Å². The van der Waals surface area contributed by atoms with Crippen molar-refractivity contribution in [3.05, 3.63) is 54.1 Å². The van der Waals surface area contributed by atoms with Gasteiger partial charge in [-0.15, -0.1) is 0 Å². The van der Waals surface area contributed by atoms with E-state index in [1.807, 2.05) is 0 Å². The van der Waals surface area contributed by atoms with Crippen LogP contribution in [0.25, 0.3) is 0 Å². The molecule has 2 aromatic carbocycles. The number of amides is 1. The van der Waals surface area contributed by atoms with Crippen molar-refractivity contribution in [1.29, 1.82) is 5.26 Å². The molecule has 1 atom stereocenters. The lowest BCUT2D eigenvalue weighted by molar-refractivity contribution is -0.122. The number of carbonyl (C=O) groups excluding carboxylic acids is 1. The molecular weight excluding hydrogens is 366 g/mol. The Labute approximate surface area is 158 Å². The van der Waals surface area contributed by atoms with Crippen molar-refractivity contribution in [2.45, 2.75) is 19.4 Å². The second-order valence-electron chi connectivity index (χ2n) is 6.03. The van der Waals surface area contributed by atoms with Crippen molar-refractivity contribution in [1.82, 2.24) is 0 Å². The fourth-order valence-corrected chi connectivity index (χ4v) is 3.90. The number of hydrogen-bond acceptors (Lipinski definition) is 5. The van der Waals surface area contributed by atoms with E-state index >= 15 is 0 Å². The van der Waals surface area contributed by atoms with Crippen molar-refractivity contribution in [2.24, 2.45) is 0 Å². The predicted molar refractivity (Wildman–Crippen MR) is 102 cm³/mol. The maximum absolute atomic E-state index is 12.6. The van der Waals surface area contributed by atoms with Gasteiger partial charge in [0.2, 0.25) is 10.0 Å². The summed E-state index contributed by atoms with van der Waals surface area (Å²) in [5.74, 6) is -0.158. The van der Waals surface area contributed by atoms with Gasteiger partial charge in [0.25, 0.3) is 5.91 Å². The summed E-state index contributed by atoms with van der Waals surface area (Å²) in [6.07, 6.45) is -0.680. The van der Waals surface area contributed by atoms with Crippen LogP contribution in [0.1, 0.15) is 12.5 Å². The van der Waals surface area contributed by atoms with E-state index in [1.54, 1.807) is 55.5 Å². The number of ether oxygens (including phenoxy) is 1. The summed E-state index contributed by atoms with van der Waals surface area (Å²) in [7, 11) is -3.54. The van der Waals surface area contributed by atoms with Gasteiger partial charge >= 0.3 is 0 Å². The molecule has 0 saturated carbocycles. The van der Waals surface area contributed by atoms with Crippen molar-refractivity contribution in [2.75, 3.05) is 21.9 Å². The Hall–Kier alpha value is -3.05. The highest BCUT2D eigenvalue weighted by Crippen LogP contribution is 2.35. The van der Waals surface area contributed by atoms with Gasteiger partial charge in [-0.2, -0.15) is 5.26 Å². The number of nitriles is 1. The first kappa shape index (κ1) is 18.7. The third-order valence-corrected chi connectivity index (χ3v) is 5.98. The SMILES string of the molecule is CCS(=O)(=O)N1CC(C(=O)Nc2ccc(CC#N)cc2)Oc2ccccc21. The number of hydrogen-bond donors (Lipinski definition) is 1. The number of fused-ring (bicyclic) bond motifs is 1. The zero-order valence-electron chi connectivity index (χ0n) is 14.8. The van der Waals surface area contributed by atoms with E-state index in [2.05, 4.69) is 11.4 Å². The molecule has 0 spiro atoms. The Bertz CT molecular complexity index is 981. The highest BCUT2D eigenvalue weighted by molar-refractivity contribution is 7.92. The van der Waals surface area contributed by atoms with Crippen molar-refractivity contribution in [3.63, 3.8) is 0 Å². The van der Waals surface area contributed by atoms with Crippen LogP contribution in [0.15, 0.2) is 48.5 Å². The van der Waals surface area contributed by atoms with Crippen LogP contribution in [0, 0.1) is 11.3 Å². The number of para-hydroxylation sites is 2. The highest BCUT2D eigenvalue weighted by Gasteiger charge is 2.35. The van der Waals surface area contributed by atoms with Crippen molar-refractivity contribution in [3.8, 4) is 11.8 Å². The molecule has 1 aliphatic rings. The summed E-state index contributed by atoms with van der Waals surface area (Å²) in [6, 6.07) is 15.7. The van der Waals surface area contributed by atoms with E-state index in [0.29, 0.717) is 23.5 Å². The van der Waals surface area contributed by atoms with E-state index in [9.17, 15) is 13.2 Å². The monoisotopic (exact) mass is 385 g/mol. The second kappa shape index (κ2) is 7.68. The maximum Gasteiger partial charge on any atom is 0.267 e. The number of sulfonamides is 1. The number of anilines is 2. The fourth-order valence-electron chi connectivity index (χ4n) is 2.78. The highest BCUT2D eigenvalue weighted by atomic mass is 32.2. The van der Waals surface area contributed by atoms with Crippen LogP contribution in [-0.2, 0) is 21.2 Å². The minimum Gasteiger partial charge on any atom is -0.476 e. The van der Waals surface area contributed by atoms with E-state index in [1.165, 1.54) is 4.31 Å². The van der Waals surface area contributed by atoms with Crippen LogP contribution in [0.3, 0.4) is 0 Å². The molecule has 0 radical (unpaired) electrons. The molecule has 1 unspecified atom stereocenters. The molecule has 0 aliphatic carbocycles.